The zero-order valence-corrected chi connectivity index (χ0v) is 11.6. The molecule has 0 fully saturated rings. The van der Waals surface area contributed by atoms with Crippen LogP contribution in [0.4, 0.5) is 0 Å². The molecule has 0 spiro atoms. The largest absolute Gasteiger partial charge is 0.508 e. The van der Waals surface area contributed by atoms with Crippen molar-refractivity contribution >= 4 is 10.0 Å². The van der Waals surface area contributed by atoms with Crippen molar-refractivity contribution < 1.29 is 13.5 Å². The van der Waals surface area contributed by atoms with Crippen LogP contribution in [0.25, 0.3) is 0 Å². The monoisotopic (exact) mass is 292 g/mol. The molecule has 0 saturated heterocycles. The SMILES string of the molecule is NS(=O)(=O)c1ccc(CNCc2ccccc2O)cc1. The molecule has 0 aromatic heterocycles. The van der Waals surface area contributed by atoms with Crippen LogP contribution in [-0.4, -0.2) is 13.5 Å². The first-order chi connectivity index (χ1) is 9.47. The van der Waals surface area contributed by atoms with Crippen LogP contribution < -0.4 is 10.5 Å². The van der Waals surface area contributed by atoms with Gasteiger partial charge in [0.2, 0.25) is 10.0 Å². The van der Waals surface area contributed by atoms with E-state index >= 15 is 0 Å². The van der Waals surface area contributed by atoms with E-state index in [4.69, 9.17) is 5.14 Å². The minimum absolute atomic E-state index is 0.0990. The molecule has 0 bridgehead atoms. The van der Waals surface area contributed by atoms with Gasteiger partial charge in [-0.15, -0.1) is 0 Å². The number of primary sulfonamides is 1. The molecule has 0 unspecified atom stereocenters. The molecule has 5 nitrogen and oxygen atoms in total. The lowest BCUT2D eigenvalue weighted by Gasteiger charge is -2.07. The van der Waals surface area contributed by atoms with Crippen molar-refractivity contribution in [2.75, 3.05) is 0 Å². The maximum atomic E-state index is 11.1. The lowest BCUT2D eigenvalue weighted by Crippen LogP contribution is -2.14. The van der Waals surface area contributed by atoms with Crippen LogP contribution in [0.2, 0.25) is 0 Å². The Labute approximate surface area is 118 Å². The van der Waals surface area contributed by atoms with E-state index in [1.165, 1.54) is 12.1 Å². The fourth-order valence-electron chi connectivity index (χ4n) is 1.80. The Morgan fingerprint density at radius 1 is 1.00 bits per heavy atom. The van der Waals surface area contributed by atoms with Gasteiger partial charge in [0.25, 0.3) is 0 Å². The molecular weight excluding hydrogens is 276 g/mol. The predicted octanol–water partition coefficient (Wildman–Crippen LogP) is 1.33. The van der Waals surface area contributed by atoms with Crippen molar-refractivity contribution in [3.05, 3.63) is 59.7 Å². The van der Waals surface area contributed by atoms with Crippen molar-refractivity contribution in [2.24, 2.45) is 5.14 Å². The van der Waals surface area contributed by atoms with Gasteiger partial charge in [-0.1, -0.05) is 30.3 Å². The molecule has 0 aliphatic rings. The van der Waals surface area contributed by atoms with Crippen molar-refractivity contribution in [3.8, 4) is 5.75 Å². The lowest BCUT2D eigenvalue weighted by molar-refractivity contribution is 0.464. The number of sulfonamides is 1. The van der Waals surface area contributed by atoms with Crippen LogP contribution in [0.3, 0.4) is 0 Å². The third-order valence-electron chi connectivity index (χ3n) is 2.89. The highest BCUT2D eigenvalue weighted by atomic mass is 32.2. The topological polar surface area (TPSA) is 92.4 Å². The van der Waals surface area contributed by atoms with Crippen LogP contribution in [0.1, 0.15) is 11.1 Å². The highest BCUT2D eigenvalue weighted by Crippen LogP contribution is 2.15. The molecule has 0 atom stereocenters. The summed E-state index contributed by atoms with van der Waals surface area (Å²) >= 11 is 0. The first-order valence-electron chi connectivity index (χ1n) is 6.06. The second kappa shape index (κ2) is 6.04. The van der Waals surface area contributed by atoms with E-state index < -0.39 is 10.0 Å². The van der Waals surface area contributed by atoms with Gasteiger partial charge < -0.3 is 10.4 Å². The molecule has 6 heteroatoms. The summed E-state index contributed by atoms with van der Waals surface area (Å²) < 4.78 is 22.2. The summed E-state index contributed by atoms with van der Waals surface area (Å²) in [5.41, 5.74) is 1.75. The average Bonchev–Trinajstić information content (AvgIpc) is 2.40. The summed E-state index contributed by atoms with van der Waals surface area (Å²) in [6.45, 7) is 1.10. The summed E-state index contributed by atoms with van der Waals surface area (Å²) in [6.07, 6.45) is 0. The second-order valence-corrected chi connectivity index (χ2v) is 5.98. The minimum Gasteiger partial charge on any atom is -0.508 e. The number of rotatable bonds is 5. The van der Waals surface area contributed by atoms with Gasteiger partial charge >= 0.3 is 0 Å². The molecule has 4 N–H and O–H groups in total. The first-order valence-corrected chi connectivity index (χ1v) is 7.61. The molecule has 0 radical (unpaired) electrons. The van der Waals surface area contributed by atoms with E-state index in [2.05, 4.69) is 5.32 Å². The van der Waals surface area contributed by atoms with Crippen molar-refractivity contribution in [2.45, 2.75) is 18.0 Å². The number of hydrogen-bond donors (Lipinski definition) is 3. The van der Waals surface area contributed by atoms with E-state index in [-0.39, 0.29) is 10.6 Å². The Morgan fingerprint density at radius 3 is 2.25 bits per heavy atom. The Hall–Kier alpha value is -1.89. The summed E-state index contributed by atoms with van der Waals surface area (Å²) in [7, 11) is -3.64. The Kier molecular flexibility index (Phi) is 4.39. The van der Waals surface area contributed by atoms with Gasteiger partial charge in [-0.25, -0.2) is 13.6 Å². The fourth-order valence-corrected chi connectivity index (χ4v) is 2.31. The van der Waals surface area contributed by atoms with Crippen LogP contribution >= 0.6 is 0 Å². The Morgan fingerprint density at radius 2 is 1.65 bits per heavy atom. The molecule has 0 heterocycles. The molecule has 0 aliphatic carbocycles. The van der Waals surface area contributed by atoms with Crippen LogP contribution in [-0.2, 0) is 23.1 Å². The zero-order chi connectivity index (χ0) is 14.6. The Bertz CT molecular complexity index is 682. The van der Waals surface area contributed by atoms with Crippen LogP contribution in [0.5, 0.6) is 5.75 Å². The lowest BCUT2D eigenvalue weighted by atomic mass is 10.2. The van der Waals surface area contributed by atoms with E-state index in [0.29, 0.717) is 13.1 Å². The molecule has 2 rings (SSSR count). The van der Waals surface area contributed by atoms with E-state index in [0.717, 1.165) is 11.1 Å². The summed E-state index contributed by atoms with van der Waals surface area (Å²) in [5.74, 6) is 0.254. The number of para-hydroxylation sites is 1. The quantitative estimate of drug-likeness (QED) is 0.775. The zero-order valence-electron chi connectivity index (χ0n) is 10.8. The second-order valence-electron chi connectivity index (χ2n) is 4.42. The van der Waals surface area contributed by atoms with Gasteiger partial charge in [0, 0.05) is 18.7 Å². The number of phenols is 1. The van der Waals surface area contributed by atoms with Gasteiger partial charge in [-0.05, 0) is 23.8 Å². The molecule has 0 amide bonds. The number of nitrogens with two attached hydrogens (primary N) is 1. The molecule has 20 heavy (non-hydrogen) atoms. The third kappa shape index (κ3) is 3.80. The maximum Gasteiger partial charge on any atom is 0.238 e. The average molecular weight is 292 g/mol. The number of aromatic hydroxyl groups is 1. The Balaban J connectivity index is 1.94. The number of hydrogen-bond acceptors (Lipinski definition) is 4. The standard InChI is InChI=1S/C14H16N2O3S/c15-20(18,19)13-7-5-11(6-8-13)9-16-10-12-3-1-2-4-14(12)17/h1-8,16-17H,9-10H2,(H2,15,18,19). The summed E-state index contributed by atoms with van der Waals surface area (Å²) in [4.78, 5) is 0.0990. The van der Waals surface area contributed by atoms with E-state index in [1.807, 2.05) is 12.1 Å². The molecule has 0 aliphatic heterocycles. The third-order valence-corrected chi connectivity index (χ3v) is 3.82. The molecule has 106 valence electrons. The maximum absolute atomic E-state index is 11.1. The highest BCUT2D eigenvalue weighted by Gasteiger charge is 2.06. The van der Waals surface area contributed by atoms with Gasteiger partial charge in [0.1, 0.15) is 5.75 Å². The van der Waals surface area contributed by atoms with Crippen molar-refractivity contribution in [1.29, 1.82) is 0 Å². The van der Waals surface area contributed by atoms with Gasteiger partial charge in [0.15, 0.2) is 0 Å². The molecule has 2 aromatic rings. The first kappa shape index (κ1) is 14.5. The minimum atomic E-state index is -3.64. The molecule has 2 aromatic carbocycles. The molecular formula is C14H16N2O3S. The fraction of sp³-hybridized carbons (Fsp3) is 0.143. The molecule has 0 saturated carbocycles. The summed E-state index contributed by atoms with van der Waals surface area (Å²) in [5, 5.41) is 17.8. The number of phenolic OH excluding ortho intramolecular Hbond substituents is 1. The van der Waals surface area contributed by atoms with Crippen molar-refractivity contribution in [1.82, 2.24) is 5.32 Å². The number of nitrogens with one attached hydrogen (secondary N) is 1. The number of benzene rings is 2. The van der Waals surface area contributed by atoms with Gasteiger partial charge in [0.05, 0.1) is 4.90 Å². The van der Waals surface area contributed by atoms with Crippen LogP contribution in [0, 0.1) is 0 Å². The summed E-state index contributed by atoms with van der Waals surface area (Å²) in [6, 6.07) is 13.5. The highest BCUT2D eigenvalue weighted by molar-refractivity contribution is 7.89. The van der Waals surface area contributed by atoms with E-state index in [9.17, 15) is 13.5 Å². The predicted molar refractivity (Wildman–Crippen MR) is 76.5 cm³/mol. The normalized spacial score (nSPS) is 11.4. The smallest absolute Gasteiger partial charge is 0.238 e. The van der Waals surface area contributed by atoms with Crippen LogP contribution in [0.15, 0.2) is 53.4 Å². The van der Waals surface area contributed by atoms with Gasteiger partial charge in [-0.2, -0.15) is 0 Å². The van der Waals surface area contributed by atoms with Gasteiger partial charge in [-0.3, -0.25) is 0 Å². The van der Waals surface area contributed by atoms with E-state index in [1.54, 1.807) is 24.3 Å². The van der Waals surface area contributed by atoms with Crippen molar-refractivity contribution in [3.63, 3.8) is 0 Å².